The van der Waals surface area contributed by atoms with Gasteiger partial charge in [0.05, 0.1) is 6.61 Å². The molecule has 1 atom stereocenters. The van der Waals surface area contributed by atoms with Crippen LogP contribution >= 0.6 is 7.60 Å². The zero-order chi connectivity index (χ0) is 13.2. The number of rotatable bonds is 4. The number of aromatic amines is 1. The molecule has 2 aromatic rings. The topological polar surface area (TPSA) is 119 Å². The van der Waals surface area contributed by atoms with Gasteiger partial charge in [0, 0.05) is 0 Å². The molecule has 18 heavy (non-hydrogen) atoms. The predicted octanol–water partition coefficient (Wildman–Crippen LogP) is 0.564. The van der Waals surface area contributed by atoms with Gasteiger partial charge in [-0.15, -0.1) is 0 Å². The van der Waals surface area contributed by atoms with Gasteiger partial charge in [0.2, 0.25) is 0 Å². The van der Waals surface area contributed by atoms with Gasteiger partial charge in [-0.2, -0.15) is 5.10 Å². The van der Waals surface area contributed by atoms with Crippen LogP contribution in [0, 0.1) is 0 Å². The first kappa shape index (κ1) is 12.9. The molecular formula is C10H12N3O4P. The van der Waals surface area contributed by atoms with Crippen molar-refractivity contribution in [2.75, 3.05) is 0 Å². The van der Waals surface area contributed by atoms with Crippen molar-refractivity contribution in [2.45, 2.75) is 12.3 Å². The van der Waals surface area contributed by atoms with Gasteiger partial charge in [-0.1, -0.05) is 24.3 Å². The molecule has 0 fully saturated rings. The lowest BCUT2D eigenvalue weighted by molar-refractivity contribution is 0.282. The molecule has 0 aliphatic carbocycles. The Morgan fingerprint density at radius 2 is 1.94 bits per heavy atom. The Morgan fingerprint density at radius 1 is 1.28 bits per heavy atom. The van der Waals surface area contributed by atoms with Crippen molar-refractivity contribution in [3.8, 4) is 0 Å². The van der Waals surface area contributed by atoms with Crippen LogP contribution in [0.15, 0.2) is 30.6 Å². The third-order valence-electron chi connectivity index (χ3n) is 2.51. The largest absolute Gasteiger partial charge is 0.392 e. The van der Waals surface area contributed by atoms with E-state index in [1.165, 1.54) is 6.33 Å². The summed E-state index contributed by atoms with van der Waals surface area (Å²) in [6.45, 7) is -0.122. The molecule has 0 saturated carbocycles. The van der Waals surface area contributed by atoms with Gasteiger partial charge < -0.3 is 14.9 Å². The normalized spacial score (nSPS) is 13.5. The quantitative estimate of drug-likeness (QED) is 0.602. The van der Waals surface area contributed by atoms with E-state index in [0.717, 1.165) is 0 Å². The van der Waals surface area contributed by atoms with Crippen LogP contribution in [0.25, 0.3) is 0 Å². The maximum absolute atomic E-state index is 11.5. The fraction of sp³-hybridized carbons (Fsp3) is 0.200. The Labute approximate surface area is 103 Å². The fourth-order valence-corrected chi connectivity index (χ4v) is 2.67. The number of aliphatic hydroxyl groups is 1. The van der Waals surface area contributed by atoms with Crippen LogP contribution in [-0.2, 0) is 11.2 Å². The third-order valence-corrected chi connectivity index (χ3v) is 3.72. The first-order valence-electron chi connectivity index (χ1n) is 5.12. The average molecular weight is 269 g/mol. The Morgan fingerprint density at radius 3 is 2.39 bits per heavy atom. The summed E-state index contributed by atoms with van der Waals surface area (Å²) in [7, 11) is -4.41. The first-order valence-corrected chi connectivity index (χ1v) is 6.80. The number of hydrogen-bond donors (Lipinski definition) is 4. The Bertz CT molecular complexity index is 549. The van der Waals surface area contributed by atoms with Crippen LogP contribution in [0.5, 0.6) is 0 Å². The molecule has 0 bridgehead atoms. The van der Waals surface area contributed by atoms with Crippen molar-refractivity contribution in [1.29, 1.82) is 0 Å². The van der Waals surface area contributed by atoms with Crippen LogP contribution < -0.4 is 0 Å². The van der Waals surface area contributed by atoms with Gasteiger partial charge in [-0.25, -0.2) is 4.98 Å². The van der Waals surface area contributed by atoms with Gasteiger partial charge in [-0.05, 0) is 11.1 Å². The molecular weight excluding hydrogens is 257 g/mol. The van der Waals surface area contributed by atoms with E-state index in [9.17, 15) is 14.4 Å². The molecule has 7 nitrogen and oxygen atoms in total. The highest BCUT2D eigenvalue weighted by Crippen LogP contribution is 2.54. The number of nitrogens with zero attached hydrogens (tertiary/aromatic N) is 2. The summed E-state index contributed by atoms with van der Waals surface area (Å²) >= 11 is 0. The van der Waals surface area contributed by atoms with Crippen LogP contribution in [0.2, 0.25) is 0 Å². The highest BCUT2D eigenvalue weighted by Gasteiger charge is 2.34. The summed E-state index contributed by atoms with van der Waals surface area (Å²) in [6.07, 6.45) is 1.19. The monoisotopic (exact) mass is 269 g/mol. The Kier molecular flexibility index (Phi) is 3.58. The minimum Gasteiger partial charge on any atom is -0.392 e. The molecule has 0 spiro atoms. The van der Waals surface area contributed by atoms with E-state index in [-0.39, 0.29) is 12.4 Å². The minimum absolute atomic E-state index is 0.111. The van der Waals surface area contributed by atoms with Gasteiger partial charge in [0.15, 0.2) is 0 Å². The smallest absolute Gasteiger partial charge is 0.340 e. The molecule has 1 heterocycles. The molecule has 1 unspecified atom stereocenters. The van der Waals surface area contributed by atoms with Crippen LogP contribution in [0.1, 0.15) is 22.6 Å². The van der Waals surface area contributed by atoms with E-state index in [4.69, 9.17) is 5.11 Å². The van der Waals surface area contributed by atoms with Gasteiger partial charge in [0.25, 0.3) is 0 Å². The standard InChI is InChI=1S/C10H12N3O4P/c14-5-7-1-3-8(4-2-7)9(18(15,16)17)10-11-6-12-13-10/h1-4,6,9,14H,5H2,(H,11,12,13)(H2,15,16,17). The second kappa shape index (κ2) is 4.99. The number of nitrogens with one attached hydrogen (secondary N) is 1. The summed E-state index contributed by atoms with van der Waals surface area (Å²) in [5.41, 5.74) is -0.0918. The molecule has 96 valence electrons. The van der Waals surface area contributed by atoms with Crippen LogP contribution in [-0.4, -0.2) is 30.1 Å². The van der Waals surface area contributed by atoms with Crippen molar-refractivity contribution < 1.29 is 19.5 Å². The number of H-pyrrole nitrogens is 1. The van der Waals surface area contributed by atoms with Gasteiger partial charge in [-0.3, -0.25) is 9.66 Å². The van der Waals surface area contributed by atoms with E-state index in [1.54, 1.807) is 24.3 Å². The molecule has 0 amide bonds. The van der Waals surface area contributed by atoms with Crippen LogP contribution in [0.3, 0.4) is 0 Å². The lowest BCUT2D eigenvalue weighted by Crippen LogP contribution is -2.04. The summed E-state index contributed by atoms with van der Waals surface area (Å²) in [5, 5.41) is 15.0. The fourth-order valence-electron chi connectivity index (χ4n) is 1.66. The zero-order valence-corrected chi connectivity index (χ0v) is 10.2. The number of aromatic nitrogens is 3. The molecule has 1 aromatic carbocycles. The Hall–Kier alpha value is -1.53. The van der Waals surface area contributed by atoms with Crippen molar-refractivity contribution in [3.05, 3.63) is 47.5 Å². The van der Waals surface area contributed by atoms with Gasteiger partial charge >= 0.3 is 7.60 Å². The minimum atomic E-state index is -4.41. The van der Waals surface area contributed by atoms with Crippen molar-refractivity contribution in [1.82, 2.24) is 15.2 Å². The number of benzene rings is 1. The van der Waals surface area contributed by atoms with E-state index in [2.05, 4.69) is 15.2 Å². The molecule has 4 N–H and O–H groups in total. The van der Waals surface area contributed by atoms with Crippen LogP contribution in [0.4, 0.5) is 0 Å². The number of hydrogen-bond acceptors (Lipinski definition) is 4. The second-order valence-corrected chi connectivity index (χ2v) is 5.46. The highest BCUT2D eigenvalue weighted by molar-refractivity contribution is 7.52. The SMILES string of the molecule is O=P(O)(O)C(c1ccc(CO)cc1)c1ncn[nH]1. The summed E-state index contributed by atoms with van der Waals surface area (Å²) < 4.78 is 11.5. The maximum Gasteiger partial charge on any atom is 0.340 e. The summed E-state index contributed by atoms with van der Waals surface area (Å²) in [6, 6.07) is 6.32. The lowest BCUT2D eigenvalue weighted by Gasteiger charge is -2.16. The van der Waals surface area contributed by atoms with Crippen molar-refractivity contribution in [3.63, 3.8) is 0 Å². The third kappa shape index (κ3) is 2.65. The number of aliphatic hydroxyl groups excluding tert-OH is 1. The highest BCUT2D eigenvalue weighted by atomic mass is 31.2. The molecule has 0 radical (unpaired) electrons. The lowest BCUT2D eigenvalue weighted by atomic mass is 10.1. The molecule has 1 aromatic heterocycles. The maximum atomic E-state index is 11.5. The molecule has 8 heteroatoms. The predicted molar refractivity (Wildman–Crippen MR) is 62.6 cm³/mol. The molecule has 0 aliphatic rings. The Balaban J connectivity index is 2.44. The second-order valence-electron chi connectivity index (χ2n) is 3.76. The molecule has 0 saturated heterocycles. The van der Waals surface area contributed by atoms with E-state index < -0.39 is 13.3 Å². The van der Waals surface area contributed by atoms with Crippen molar-refractivity contribution in [2.24, 2.45) is 0 Å². The molecule has 0 aliphatic heterocycles. The molecule has 2 rings (SSSR count). The zero-order valence-electron chi connectivity index (χ0n) is 9.26. The van der Waals surface area contributed by atoms with E-state index >= 15 is 0 Å². The summed E-state index contributed by atoms with van der Waals surface area (Å²) in [4.78, 5) is 22.6. The summed E-state index contributed by atoms with van der Waals surface area (Å²) in [5.74, 6) is 0.111. The first-order chi connectivity index (χ1) is 8.52. The van der Waals surface area contributed by atoms with Gasteiger partial charge in [0.1, 0.15) is 17.8 Å². The van der Waals surface area contributed by atoms with E-state index in [1.807, 2.05) is 0 Å². The average Bonchev–Trinajstić information content (AvgIpc) is 2.82. The van der Waals surface area contributed by atoms with Crippen molar-refractivity contribution >= 4 is 7.60 Å². The van der Waals surface area contributed by atoms with E-state index in [0.29, 0.717) is 11.1 Å².